The minimum absolute atomic E-state index is 0.0453. The number of halogens is 3. The van der Waals surface area contributed by atoms with E-state index in [-0.39, 0.29) is 11.9 Å². The molecule has 0 aliphatic heterocycles. The van der Waals surface area contributed by atoms with E-state index in [0.29, 0.717) is 16.5 Å². The third kappa shape index (κ3) is 3.49. The molecule has 1 aromatic carbocycles. The summed E-state index contributed by atoms with van der Waals surface area (Å²) in [6.07, 6.45) is 3.42. The van der Waals surface area contributed by atoms with Crippen LogP contribution in [0.5, 0.6) is 0 Å². The lowest BCUT2D eigenvalue weighted by Gasteiger charge is -2.19. The minimum atomic E-state index is -0.0453. The molecule has 2 rings (SSSR count). The molecule has 1 fully saturated rings. The van der Waals surface area contributed by atoms with E-state index >= 15 is 0 Å². The number of hydrogen-bond acceptors (Lipinski definition) is 1. The van der Waals surface area contributed by atoms with Crippen molar-refractivity contribution in [3.63, 3.8) is 0 Å². The molecule has 5 heteroatoms. The Morgan fingerprint density at radius 2 is 2.17 bits per heavy atom. The monoisotopic (exact) mass is 393 g/mol. The number of amides is 1. The fourth-order valence-electron chi connectivity index (χ4n) is 2.35. The molecule has 0 heterocycles. The maximum Gasteiger partial charge on any atom is 0.251 e. The predicted octanol–water partition coefficient (Wildman–Crippen LogP) is 4.40. The molecule has 1 amide bonds. The van der Waals surface area contributed by atoms with Gasteiger partial charge in [0.25, 0.3) is 5.91 Å². The summed E-state index contributed by atoms with van der Waals surface area (Å²) in [6.45, 7) is 0. The van der Waals surface area contributed by atoms with Gasteiger partial charge in [-0.3, -0.25) is 4.79 Å². The van der Waals surface area contributed by atoms with E-state index in [2.05, 4.69) is 37.2 Å². The maximum atomic E-state index is 12.2. The van der Waals surface area contributed by atoms with Gasteiger partial charge in [0.2, 0.25) is 0 Å². The quantitative estimate of drug-likeness (QED) is 0.756. The first-order valence-corrected chi connectivity index (χ1v) is 8.22. The fraction of sp³-hybridized carbons (Fsp3) is 0.462. The first-order valence-electron chi connectivity index (χ1n) is 5.93. The van der Waals surface area contributed by atoms with Crippen LogP contribution >= 0.6 is 43.5 Å². The van der Waals surface area contributed by atoms with Crippen molar-refractivity contribution >= 4 is 49.4 Å². The van der Waals surface area contributed by atoms with E-state index in [9.17, 15) is 4.79 Å². The second-order valence-corrected chi connectivity index (χ2v) is 6.58. The molecule has 18 heavy (non-hydrogen) atoms. The zero-order valence-electron chi connectivity index (χ0n) is 9.76. The van der Waals surface area contributed by atoms with Crippen LogP contribution in [0.2, 0.25) is 5.02 Å². The van der Waals surface area contributed by atoms with Crippen molar-refractivity contribution < 1.29 is 4.79 Å². The summed E-state index contributed by atoms with van der Waals surface area (Å²) < 4.78 is 0.823. The Morgan fingerprint density at radius 1 is 1.39 bits per heavy atom. The Kier molecular flexibility index (Phi) is 5.10. The highest BCUT2D eigenvalue weighted by molar-refractivity contribution is 9.10. The molecule has 2 nitrogen and oxygen atoms in total. The highest BCUT2D eigenvalue weighted by Gasteiger charge is 2.27. The van der Waals surface area contributed by atoms with Gasteiger partial charge in [0.15, 0.2) is 0 Å². The van der Waals surface area contributed by atoms with Crippen molar-refractivity contribution in [1.82, 2.24) is 5.32 Å². The van der Waals surface area contributed by atoms with Gasteiger partial charge in [-0.2, -0.15) is 0 Å². The molecule has 98 valence electrons. The first-order chi connectivity index (χ1) is 8.60. The Bertz CT molecular complexity index is 432. The number of carbonyl (C=O) groups excluding carboxylic acids is 1. The van der Waals surface area contributed by atoms with Gasteiger partial charge in [0.1, 0.15) is 0 Å². The predicted molar refractivity (Wildman–Crippen MR) is 81.5 cm³/mol. The van der Waals surface area contributed by atoms with Crippen LogP contribution in [0.4, 0.5) is 0 Å². The lowest BCUT2D eigenvalue weighted by Crippen LogP contribution is -2.37. The lowest BCUT2D eigenvalue weighted by molar-refractivity contribution is 0.0930. The molecule has 1 aliphatic carbocycles. The number of alkyl halides is 1. The molecule has 1 saturated carbocycles. The first kappa shape index (κ1) is 14.4. The second kappa shape index (κ2) is 6.40. The Balaban J connectivity index is 2.07. The van der Waals surface area contributed by atoms with Crippen molar-refractivity contribution in [2.24, 2.45) is 5.92 Å². The summed E-state index contributed by atoms with van der Waals surface area (Å²) in [5.74, 6) is 0.493. The fourth-order valence-corrected chi connectivity index (χ4v) is 3.98. The zero-order chi connectivity index (χ0) is 13.1. The largest absolute Gasteiger partial charge is 0.349 e. The Labute approximate surface area is 129 Å². The number of nitrogens with one attached hydrogen (secondary N) is 1. The number of benzene rings is 1. The molecule has 2 atom stereocenters. The summed E-state index contributed by atoms with van der Waals surface area (Å²) in [5, 5.41) is 4.61. The van der Waals surface area contributed by atoms with Gasteiger partial charge in [0.05, 0.1) is 0 Å². The van der Waals surface area contributed by atoms with E-state index in [1.807, 2.05) is 0 Å². The van der Waals surface area contributed by atoms with Crippen LogP contribution in [0.3, 0.4) is 0 Å². The van der Waals surface area contributed by atoms with Crippen LogP contribution in [0, 0.1) is 5.92 Å². The summed E-state index contributed by atoms with van der Waals surface area (Å²) >= 11 is 12.8. The maximum absolute atomic E-state index is 12.2. The van der Waals surface area contributed by atoms with Gasteiger partial charge in [-0.05, 0) is 37.0 Å². The van der Waals surface area contributed by atoms with Crippen molar-refractivity contribution in [3.8, 4) is 0 Å². The van der Waals surface area contributed by atoms with Gasteiger partial charge < -0.3 is 5.32 Å². The van der Waals surface area contributed by atoms with Crippen LogP contribution in [-0.4, -0.2) is 17.3 Å². The van der Waals surface area contributed by atoms with Crippen molar-refractivity contribution in [1.29, 1.82) is 0 Å². The van der Waals surface area contributed by atoms with E-state index in [1.54, 1.807) is 18.2 Å². The number of hydrogen-bond donors (Lipinski definition) is 1. The Morgan fingerprint density at radius 3 is 2.83 bits per heavy atom. The smallest absolute Gasteiger partial charge is 0.251 e. The average Bonchev–Trinajstić information content (AvgIpc) is 2.75. The molecule has 2 unspecified atom stereocenters. The van der Waals surface area contributed by atoms with E-state index in [1.165, 1.54) is 12.8 Å². The molecule has 1 aliphatic rings. The van der Waals surface area contributed by atoms with E-state index < -0.39 is 0 Å². The number of carbonyl (C=O) groups is 1. The van der Waals surface area contributed by atoms with Gasteiger partial charge in [-0.25, -0.2) is 0 Å². The third-order valence-electron chi connectivity index (χ3n) is 3.30. The van der Waals surface area contributed by atoms with Crippen LogP contribution in [0.15, 0.2) is 22.7 Å². The lowest BCUT2D eigenvalue weighted by atomic mass is 10.1. The summed E-state index contributed by atoms with van der Waals surface area (Å²) in [6, 6.07) is 5.53. The second-order valence-electron chi connectivity index (χ2n) is 4.58. The topological polar surface area (TPSA) is 29.1 Å². The molecule has 0 spiro atoms. The van der Waals surface area contributed by atoms with Crippen LogP contribution < -0.4 is 5.32 Å². The Hall–Kier alpha value is -0.0600. The number of rotatable bonds is 3. The van der Waals surface area contributed by atoms with Gasteiger partial charge in [0, 0.05) is 26.4 Å². The standard InChI is InChI=1S/C13H14Br2ClNO/c14-7-8-2-1-3-12(8)17-13(18)9-4-10(15)6-11(16)5-9/h4-6,8,12H,1-3,7H2,(H,17,18). The van der Waals surface area contributed by atoms with E-state index in [0.717, 1.165) is 16.2 Å². The molecular weight excluding hydrogens is 381 g/mol. The molecular formula is C13H14Br2ClNO. The van der Waals surface area contributed by atoms with Crippen molar-refractivity contribution in [3.05, 3.63) is 33.3 Å². The third-order valence-corrected chi connectivity index (χ3v) is 4.81. The van der Waals surface area contributed by atoms with Crippen molar-refractivity contribution in [2.45, 2.75) is 25.3 Å². The van der Waals surface area contributed by atoms with E-state index in [4.69, 9.17) is 11.6 Å². The SMILES string of the molecule is O=C(NC1CCCC1CBr)c1cc(Cl)cc(Br)c1. The summed E-state index contributed by atoms with van der Waals surface area (Å²) in [4.78, 5) is 12.2. The zero-order valence-corrected chi connectivity index (χ0v) is 13.7. The van der Waals surface area contributed by atoms with Gasteiger partial charge >= 0.3 is 0 Å². The normalized spacial score (nSPS) is 23.1. The highest BCUT2D eigenvalue weighted by atomic mass is 79.9. The van der Waals surface area contributed by atoms with Crippen LogP contribution in [0.1, 0.15) is 29.6 Å². The molecule has 0 aromatic heterocycles. The summed E-state index contributed by atoms with van der Waals surface area (Å²) in [7, 11) is 0. The minimum Gasteiger partial charge on any atom is -0.349 e. The molecule has 0 bridgehead atoms. The van der Waals surface area contributed by atoms with Gasteiger partial charge in [-0.1, -0.05) is 49.9 Å². The summed E-state index contributed by atoms with van der Waals surface area (Å²) in [5.41, 5.74) is 0.606. The highest BCUT2D eigenvalue weighted by Crippen LogP contribution is 2.27. The van der Waals surface area contributed by atoms with Crippen LogP contribution in [0.25, 0.3) is 0 Å². The van der Waals surface area contributed by atoms with Crippen LogP contribution in [-0.2, 0) is 0 Å². The molecule has 0 saturated heterocycles. The molecule has 1 aromatic rings. The molecule has 0 radical (unpaired) electrons. The van der Waals surface area contributed by atoms with Gasteiger partial charge in [-0.15, -0.1) is 0 Å². The average molecular weight is 396 g/mol. The van der Waals surface area contributed by atoms with Crippen molar-refractivity contribution in [2.75, 3.05) is 5.33 Å². The molecule has 1 N–H and O–H groups in total.